The summed E-state index contributed by atoms with van der Waals surface area (Å²) in [5.74, 6) is 1.87. The largest absolute Gasteiger partial charge is 0.469 e. The summed E-state index contributed by atoms with van der Waals surface area (Å²) in [6.07, 6.45) is 3.65. The van der Waals surface area contributed by atoms with Crippen molar-refractivity contribution in [1.29, 1.82) is 0 Å². The standard InChI is InChI=1S/C20H28N4O/c1-3-21-20(22-12-10-19-5-4-14-25-19)23-17-11-13-24(15-17)18-8-6-16(2)7-9-18/h4-9,14,17H,3,10-13,15H2,1-2H3,(H2,21,22,23). The number of nitrogens with one attached hydrogen (secondary N) is 2. The zero-order valence-electron chi connectivity index (χ0n) is 15.2. The van der Waals surface area contributed by atoms with Gasteiger partial charge in [-0.25, -0.2) is 0 Å². The number of aliphatic imine (C=N–C) groups is 1. The van der Waals surface area contributed by atoms with E-state index in [9.17, 15) is 0 Å². The molecular weight excluding hydrogens is 312 g/mol. The summed E-state index contributed by atoms with van der Waals surface area (Å²) in [5.41, 5.74) is 2.60. The molecule has 134 valence electrons. The van der Waals surface area contributed by atoms with Gasteiger partial charge in [-0.1, -0.05) is 17.7 Å². The fourth-order valence-electron chi connectivity index (χ4n) is 3.11. The first-order valence-corrected chi connectivity index (χ1v) is 9.13. The minimum absolute atomic E-state index is 0.419. The number of benzene rings is 1. The molecule has 1 aliphatic heterocycles. The smallest absolute Gasteiger partial charge is 0.191 e. The second-order valence-electron chi connectivity index (χ2n) is 6.50. The van der Waals surface area contributed by atoms with Gasteiger partial charge in [0, 0.05) is 44.3 Å². The molecule has 2 aromatic rings. The Kier molecular flexibility index (Phi) is 5.99. The van der Waals surface area contributed by atoms with Crippen molar-refractivity contribution in [2.24, 2.45) is 4.99 Å². The number of hydrogen-bond acceptors (Lipinski definition) is 3. The van der Waals surface area contributed by atoms with Gasteiger partial charge in [-0.2, -0.15) is 0 Å². The molecule has 2 N–H and O–H groups in total. The Labute approximate surface area is 150 Å². The van der Waals surface area contributed by atoms with Crippen molar-refractivity contribution >= 4 is 11.6 Å². The van der Waals surface area contributed by atoms with Gasteiger partial charge in [-0.3, -0.25) is 4.99 Å². The van der Waals surface area contributed by atoms with E-state index in [1.54, 1.807) is 6.26 Å². The number of guanidine groups is 1. The number of furan rings is 1. The summed E-state index contributed by atoms with van der Waals surface area (Å²) in [6, 6.07) is 13.1. The van der Waals surface area contributed by atoms with Crippen LogP contribution in [0.3, 0.4) is 0 Å². The minimum Gasteiger partial charge on any atom is -0.469 e. The summed E-state index contributed by atoms with van der Waals surface area (Å²) in [7, 11) is 0. The highest BCUT2D eigenvalue weighted by molar-refractivity contribution is 5.80. The second-order valence-corrected chi connectivity index (χ2v) is 6.50. The molecule has 0 bridgehead atoms. The average Bonchev–Trinajstić information content (AvgIpc) is 3.28. The fourth-order valence-corrected chi connectivity index (χ4v) is 3.11. The van der Waals surface area contributed by atoms with E-state index in [1.807, 2.05) is 12.1 Å². The van der Waals surface area contributed by atoms with Crippen molar-refractivity contribution in [3.8, 4) is 0 Å². The molecule has 0 aliphatic carbocycles. The molecule has 2 heterocycles. The van der Waals surface area contributed by atoms with Crippen LogP contribution in [-0.2, 0) is 6.42 Å². The third kappa shape index (κ3) is 5.02. The molecule has 5 nitrogen and oxygen atoms in total. The Balaban J connectivity index is 1.52. The molecule has 0 amide bonds. The van der Waals surface area contributed by atoms with Crippen molar-refractivity contribution in [2.45, 2.75) is 32.7 Å². The Morgan fingerprint density at radius 2 is 2.12 bits per heavy atom. The van der Waals surface area contributed by atoms with E-state index in [0.717, 1.165) is 50.7 Å². The highest BCUT2D eigenvalue weighted by atomic mass is 16.3. The van der Waals surface area contributed by atoms with Gasteiger partial charge in [-0.15, -0.1) is 0 Å². The lowest BCUT2D eigenvalue weighted by Gasteiger charge is -2.20. The predicted octanol–water partition coefficient (Wildman–Crippen LogP) is 2.96. The molecule has 1 atom stereocenters. The molecule has 1 unspecified atom stereocenters. The van der Waals surface area contributed by atoms with Gasteiger partial charge in [0.1, 0.15) is 5.76 Å². The lowest BCUT2D eigenvalue weighted by molar-refractivity contribution is 0.510. The van der Waals surface area contributed by atoms with Crippen LogP contribution in [0.25, 0.3) is 0 Å². The van der Waals surface area contributed by atoms with Crippen LogP contribution < -0.4 is 15.5 Å². The second kappa shape index (κ2) is 8.60. The first kappa shape index (κ1) is 17.4. The van der Waals surface area contributed by atoms with Crippen LogP contribution in [-0.4, -0.2) is 38.2 Å². The van der Waals surface area contributed by atoms with E-state index in [2.05, 4.69) is 58.6 Å². The fraction of sp³-hybridized carbons (Fsp3) is 0.450. The summed E-state index contributed by atoms with van der Waals surface area (Å²) >= 11 is 0. The maximum absolute atomic E-state index is 5.36. The van der Waals surface area contributed by atoms with Gasteiger partial charge in [0.2, 0.25) is 0 Å². The highest BCUT2D eigenvalue weighted by Crippen LogP contribution is 2.20. The van der Waals surface area contributed by atoms with Crippen LogP contribution in [0, 0.1) is 6.92 Å². The lowest BCUT2D eigenvalue weighted by Crippen LogP contribution is -2.44. The van der Waals surface area contributed by atoms with Gasteiger partial charge in [0.05, 0.1) is 6.26 Å². The Morgan fingerprint density at radius 1 is 1.28 bits per heavy atom. The third-order valence-corrected chi connectivity index (χ3v) is 4.48. The maximum atomic E-state index is 5.36. The molecule has 5 heteroatoms. The van der Waals surface area contributed by atoms with Crippen LogP contribution in [0.4, 0.5) is 5.69 Å². The molecule has 0 radical (unpaired) electrons. The van der Waals surface area contributed by atoms with Crippen LogP contribution in [0.1, 0.15) is 24.7 Å². The van der Waals surface area contributed by atoms with Crippen LogP contribution in [0.15, 0.2) is 52.1 Å². The van der Waals surface area contributed by atoms with Gasteiger partial charge in [0.15, 0.2) is 5.96 Å². The van der Waals surface area contributed by atoms with Gasteiger partial charge >= 0.3 is 0 Å². The van der Waals surface area contributed by atoms with E-state index in [0.29, 0.717) is 6.04 Å². The normalized spacial score (nSPS) is 17.8. The van der Waals surface area contributed by atoms with Crippen LogP contribution in [0.5, 0.6) is 0 Å². The summed E-state index contributed by atoms with van der Waals surface area (Å²) in [4.78, 5) is 7.11. The van der Waals surface area contributed by atoms with E-state index < -0.39 is 0 Å². The Morgan fingerprint density at radius 3 is 2.84 bits per heavy atom. The highest BCUT2D eigenvalue weighted by Gasteiger charge is 2.23. The number of aryl methyl sites for hydroxylation is 1. The van der Waals surface area contributed by atoms with Crippen LogP contribution >= 0.6 is 0 Å². The molecule has 0 saturated carbocycles. The van der Waals surface area contributed by atoms with Crippen molar-refractivity contribution < 1.29 is 4.42 Å². The van der Waals surface area contributed by atoms with Gasteiger partial charge < -0.3 is 20.0 Å². The third-order valence-electron chi connectivity index (χ3n) is 4.48. The number of rotatable bonds is 6. The Bertz CT molecular complexity index is 664. The van der Waals surface area contributed by atoms with Crippen molar-refractivity contribution in [1.82, 2.24) is 10.6 Å². The quantitative estimate of drug-likeness (QED) is 0.627. The molecule has 25 heavy (non-hydrogen) atoms. The van der Waals surface area contributed by atoms with E-state index in [1.165, 1.54) is 11.3 Å². The topological polar surface area (TPSA) is 52.8 Å². The summed E-state index contributed by atoms with van der Waals surface area (Å²) in [6.45, 7) is 7.88. The number of nitrogens with zero attached hydrogens (tertiary/aromatic N) is 2. The summed E-state index contributed by atoms with van der Waals surface area (Å²) in [5, 5.41) is 6.92. The van der Waals surface area contributed by atoms with E-state index >= 15 is 0 Å². The predicted molar refractivity (Wildman–Crippen MR) is 103 cm³/mol. The molecule has 1 aliphatic rings. The monoisotopic (exact) mass is 340 g/mol. The molecule has 1 aromatic carbocycles. The van der Waals surface area contributed by atoms with Gasteiger partial charge in [0.25, 0.3) is 0 Å². The SMILES string of the molecule is CCNC(=NCCc1ccco1)NC1CCN(c2ccc(C)cc2)C1. The average molecular weight is 340 g/mol. The molecule has 1 fully saturated rings. The molecule has 1 aromatic heterocycles. The Hall–Kier alpha value is -2.43. The van der Waals surface area contributed by atoms with Crippen molar-refractivity contribution in [2.75, 3.05) is 31.1 Å². The molecular formula is C20H28N4O. The molecule has 0 spiro atoms. The number of hydrogen-bond donors (Lipinski definition) is 2. The first-order valence-electron chi connectivity index (χ1n) is 9.13. The van der Waals surface area contributed by atoms with Gasteiger partial charge in [-0.05, 0) is 44.5 Å². The lowest BCUT2D eigenvalue weighted by atomic mass is 10.2. The summed E-state index contributed by atoms with van der Waals surface area (Å²) < 4.78 is 5.36. The van der Waals surface area contributed by atoms with E-state index in [-0.39, 0.29) is 0 Å². The first-order chi connectivity index (χ1) is 12.2. The molecule has 1 saturated heterocycles. The van der Waals surface area contributed by atoms with Crippen molar-refractivity contribution in [3.63, 3.8) is 0 Å². The zero-order chi connectivity index (χ0) is 17.5. The minimum atomic E-state index is 0.419. The molecule has 3 rings (SSSR count). The maximum Gasteiger partial charge on any atom is 0.191 e. The zero-order valence-corrected chi connectivity index (χ0v) is 15.2. The number of anilines is 1. The van der Waals surface area contributed by atoms with Crippen molar-refractivity contribution in [3.05, 3.63) is 54.0 Å². The van der Waals surface area contributed by atoms with E-state index in [4.69, 9.17) is 4.42 Å². The van der Waals surface area contributed by atoms with Crippen LogP contribution in [0.2, 0.25) is 0 Å².